The fraction of sp³-hybridized carbons (Fsp3) is 0.364. The van der Waals surface area contributed by atoms with Crippen molar-refractivity contribution in [2.75, 3.05) is 0 Å². The van der Waals surface area contributed by atoms with Crippen molar-refractivity contribution in [1.29, 1.82) is 0 Å². The highest BCUT2D eigenvalue weighted by Crippen LogP contribution is 2.12. The minimum atomic E-state index is -0.403. The van der Waals surface area contributed by atoms with Crippen LogP contribution in [0.5, 0.6) is 0 Å². The first-order valence-electron chi connectivity index (χ1n) is 4.96. The number of aliphatic hydroxyl groups excluding tert-OH is 1. The van der Waals surface area contributed by atoms with Gasteiger partial charge >= 0.3 is 0 Å². The van der Waals surface area contributed by atoms with Crippen molar-refractivity contribution >= 4 is 0 Å². The molecule has 2 heterocycles. The Kier molecular flexibility index (Phi) is 2.60. The molecule has 2 aromatic heterocycles. The molecule has 0 aliphatic heterocycles. The van der Waals surface area contributed by atoms with Crippen molar-refractivity contribution in [1.82, 2.24) is 14.3 Å². The summed E-state index contributed by atoms with van der Waals surface area (Å²) in [5, 5.41) is 13.5. The number of aliphatic hydroxyl groups is 1. The molecule has 0 fully saturated rings. The molecule has 0 spiro atoms. The summed E-state index contributed by atoms with van der Waals surface area (Å²) in [5.74, 6) is 0. The molecule has 1 N–H and O–H groups in total. The highest BCUT2D eigenvalue weighted by atomic mass is 16.3. The molecule has 0 amide bonds. The number of aromatic nitrogens is 3. The van der Waals surface area contributed by atoms with Gasteiger partial charge in [0.2, 0.25) is 0 Å². The van der Waals surface area contributed by atoms with Crippen LogP contribution in [0, 0.1) is 0 Å². The zero-order valence-corrected chi connectivity index (χ0v) is 8.96. The predicted molar refractivity (Wildman–Crippen MR) is 57.4 cm³/mol. The Bertz CT molecular complexity index is 442. The molecule has 0 aliphatic rings. The van der Waals surface area contributed by atoms with Gasteiger partial charge in [-0.2, -0.15) is 5.10 Å². The van der Waals surface area contributed by atoms with Gasteiger partial charge in [-0.25, -0.2) is 0 Å². The van der Waals surface area contributed by atoms with Crippen LogP contribution < -0.4 is 0 Å². The standard InChI is InChI=1S/C11H15N3O/c1-9(15)11-3-4-14(8-11)7-10-5-12-13(2)6-10/h3-6,8-9,15H,7H2,1-2H3. The molecule has 0 aliphatic carbocycles. The van der Waals surface area contributed by atoms with E-state index >= 15 is 0 Å². The van der Waals surface area contributed by atoms with Crippen LogP contribution in [0.2, 0.25) is 0 Å². The first kappa shape index (κ1) is 9.98. The molecule has 4 nitrogen and oxygen atoms in total. The molecule has 1 unspecified atom stereocenters. The summed E-state index contributed by atoms with van der Waals surface area (Å²) in [6, 6.07) is 1.93. The second-order valence-electron chi connectivity index (χ2n) is 3.82. The van der Waals surface area contributed by atoms with E-state index in [0.717, 1.165) is 17.7 Å². The summed E-state index contributed by atoms with van der Waals surface area (Å²) in [6.07, 6.45) is 7.36. The summed E-state index contributed by atoms with van der Waals surface area (Å²) in [7, 11) is 1.90. The van der Waals surface area contributed by atoms with Crippen molar-refractivity contribution in [2.45, 2.75) is 19.6 Å². The molecule has 0 bridgehead atoms. The van der Waals surface area contributed by atoms with Crippen molar-refractivity contribution in [3.63, 3.8) is 0 Å². The van der Waals surface area contributed by atoms with Crippen molar-refractivity contribution < 1.29 is 5.11 Å². The van der Waals surface area contributed by atoms with Crippen molar-refractivity contribution in [3.05, 3.63) is 42.0 Å². The lowest BCUT2D eigenvalue weighted by molar-refractivity contribution is 0.199. The largest absolute Gasteiger partial charge is 0.389 e. The SMILES string of the molecule is CC(O)c1ccn(Cc2cnn(C)c2)c1. The number of aryl methyl sites for hydroxylation is 1. The fourth-order valence-corrected chi connectivity index (χ4v) is 1.57. The predicted octanol–water partition coefficient (Wildman–Crippen LogP) is 1.32. The van der Waals surface area contributed by atoms with Crippen LogP contribution in [-0.2, 0) is 13.6 Å². The van der Waals surface area contributed by atoms with Gasteiger partial charge in [-0.15, -0.1) is 0 Å². The lowest BCUT2D eigenvalue weighted by Gasteiger charge is -2.00. The Morgan fingerprint density at radius 2 is 2.27 bits per heavy atom. The molecule has 15 heavy (non-hydrogen) atoms. The molecule has 0 saturated carbocycles. The van der Waals surface area contributed by atoms with Gasteiger partial charge in [0.25, 0.3) is 0 Å². The smallest absolute Gasteiger partial charge is 0.0776 e. The monoisotopic (exact) mass is 205 g/mol. The topological polar surface area (TPSA) is 43.0 Å². The van der Waals surface area contributed by atoms with Crippen LogP contribution in [-0.4, -0.2) is 19.5 Å². The van der Waals surface area contributed by atoms with Crippen LogP contribution in [0.1, 0.15) is 24.2 Å². The molecule has 1 atom stereocenters. The maximum atomic E-state index is 9.38. The molecule has 0 radical (unpaired) electrons. The molecular formula is C11H15N3O. The summed E-state index contributed by atoms with van der Waals surface area (Å²) in [4.78, 5) is 0. The van der Waals surface area contributed by atoms with E-state index < -0.39 is 6.10 Å². The molecule has 0 saturated heterocycles. The van der Waals surface area contributed by atoms with Gasteiger partial charge < -0.3 is 9.67 Å². The number of hydrogen-bond donors (Lipinski definition) is 1. The van der Waals surface area contributed by atoms with Gasteiger partial charge in [0.1, 0.15) is 0 Å². The number of rotatable bonds is 3. The van der Waals surface area contributed by atoms with Crippen LogP contribution in [0.25, 0.3) is 0 Å². The van der Waals surface area contributed by atoms with Crippen LogP contribution in [0.15, 0.2) is 30.9 Å². The Morgan fingerprint density at radius 1 is 1.47 bits per heavy atom. The van der Waals surface area contributed by atoms with Gasteiger partial charge in [0, 0.05) is 31.2 Å². The van der Waals surface area contributed by atoms with Gasteiger partial charge in [0.15, 0.2) is 0 Å². The Balaban J connectivity index is 2.11. The zero-order chi connectivity index (χ0) is 10.8. The molecule has 2 aromatic rings. The normalized spacial score (nSPS) is 13.0. The summed E-state index contributed by atoms with van der Waals surface area (Å²) in [6.45, 7) is 2.56. The second-order valence-corrected chi connectivity index (χ2v) is 3.82. The Hall–Kier alpha value is -1.55. The lowest BCUT2D eigenvalue weighted by Crippen LogP contribution is -1.95. The first-order chi connectivity index (χ1) is 7.15. The van der Waals surface area contributed by atoms with Gasteiger partial charge in [-0.3, -0.25) is 4.68 Å². The number of nitrogens with zero attached hydrogens (tertiary/aromatic N) is 3. The van der Waals surface area contributed by atoms with E-state index in [1.165, 1.54) is 0 Å². The molecule has 2 rings (SSSR count). The van der Waals surface area contributed by atoms with Crippen LogP contribution >= 0.6 is 0 Å². The Morgan fingerprint density at radius 3 is 2.80 bits per heavy atom. The third-order valence-electron chi connectivity index (χ3n) is 2.38. The third kappa shape index (κ3) is 2.27. The molecule has 0 aromatic carbocycles. The van der Waals surface area contributed by atoms with E-state index in [4.69, 9.17) is 0 Å². The highest BCUT2D eigenvalue weighted by Gasteiger charge is 2.03. The Labute approximate surface area is 88.8 Å². The molecule has 4 heteroatoms. The van der Waals surface area contributed by atoms with Crippen LogP contribution in [0.3, 0.4) is 0 Å². The molecule has 80 valence electrons. The van der Waals surface area contributed by atoms with E-state index in [-0.39, 0.29) is 0 Å². The summed E-state index contributed by atoms with van der Waals surface area (Å²) in [5.41, 5.74) is 2.10. The first-order valence-corrected chi connectivity index (χ1v) is 4.96. The van der Waals surface area contributed by atoms with Gasteiger partial charge in [0.05, 0.1) is 18.8 Å². The maximum Gasteiger partial charge on any atom is 0.0776 e. The zero-order valence-electron chi connectivity index (χ0n) is 8.96. The van der Waals surface area contributed by atoms with Crippen molar-refractivity contribution in [2.24, 2.45) is 7.05 Å². The quantitative estimate of drug-likeness (QED) is 0.821. The lowest BCUT2D eigenvalue weighted by atomic mass is 10.2. The number of hydrogen-bond acceptors (Lipinski definition) is 2. The maximum absolute atomic E-state index is 9.38. The average Bonchev–Trinajstić information content (AvgIpc) is 2.76. The molecular weight excluding hydrogens is 190 g/mol. The third-order valence-corrected chi connectivity index (χ3v) is 2.38. The van der Waals surface area contributed by atoms with E-state index in [2.05, 4.69) is 5.10 Å². The highest BCUT2D eigenvalue weighted by molar-refractivity contribution is 5.15. The van der Waals surface area contributed by atoms with Gasteiger partial charge in [-0.05, 0) is 18.6 Å². The minimum Gasteiger partial charge on any atom is -0.389 e. The summed E-state index contributed by atoms with van der Waals surface area (Å²) < 4.78 is 3.83. The van der Waals surface area contributed by atoms with E-state index in [1.807, 2.05) is 42.5 Å². The van der Waals surface area contributed by atoms with Crippen LogP contribution in [0.4, 0.5) is 0 Å². The summed E-state index contributed by atoms with van der Waals surface area (Å²) >= 11 is 0. The minimum absolute atomic E-state index is 0.403. The van der Waals surface area contributed by atoms with E-state index in [9.17, 15) is 5.11 Å². The average molecular weight is 205 g/mol. The van der Waals surface area contributed by atoms with Crippen molar-refractivity contribution in [3.8, 4) is 0 Å². The van der Waals surface area contributed by atoms with E-state index in [0.29, 0.717) is 0 Å². The van der Waals surface area contributed by atoms with Gasteiger partial charge in [-0.1, -0.05) is 0 Å². The van der Waals surface area contributed by atoms with E-state index in [1.54, 1.807) is 11.6 Å². The second kappa shape index (κ2) is 3.90. The fourth-order valence-electron chi connectivity index (χ4n) is 1.57.